The summed E-state index contributed by atoms with van der Waals surface area (Å²) in [5.74, 6) is -0.353. The molecule has 1 atom stereocenters. The summed E-state index contributed by atoms with van der Waals surface area (Å²) >= 11 is 2.69. The Morgan fingerprint density at radius 3 is 2.42 bits per heavy atom. The standard InChI is InChI=1S/C31H30N2O5S2/c1-4-26(40-24-16-10-14-22(18-24)32-28(34)21-13-9-15-23(17-21)37-3)29(35)33-30-27(31(36)38-5-2)25(19-39-30)20-11-7-6-8-12-20/h6-19,26H,4-5H2,1-3H3,(H,32,34)(H,33,35). The molecule has 1 aromatic heterocycles. The molecule has 206 valence electrons. The van der Waals surface area contributed by atoms with E-state index in [-0.39, 0.29) is 18.4 Å². The number of benzene rings is 3. The average molecular weight is 575 g/mol. The highest BCUT2D eigenvalue weighted by molar-refractivity contribution is 8.00. The number of carbonyl (C=O) groups is 3. The predicted molar refractivity (Wildman–Crippen MR) is 162 cm³/mol. The van der Waals surface area contributed by atoms with E-state index in [1.807, 2.05) is 60.8 Å². The van der Waals surface area contributed by atoms with Crippen LogP contribution in [0.3, 0.4) is 0 Å². The molecule has 40 heavy (non-hydrogen) atoms. The SMILES string of the molecule is CCOC(=O)c1c(-c2ccccc2)csc1NC(=O)C(CC)Sc1cccc(NC(=O)c2cccc(OC)c2)c1. The van der Waals surface area contributed by atoms with Gasteiger partial charge in [-0.05, 0) is 55.3 Å². The number of methoxy groups -OCH3 is 1. The van der Waals surface area contributed by atoms with Gasteiger partial charge in [-0.1, -0.05) is 49.4 Å². The van der Waals surface area contributed by atoms with E-state index >= 15 is 0 Å². The number of esters is 1. The van der Waals surface area contributed by atoms with Crippen molar-refractivity contribution in [3.8, 4) is 16.9 Å². The summed E-state index contributed by atoms with van der Waals surface area (Å²) in [5.41, 5.74) is 3.04. The minimum Gasteiger partial charge on any atom is -0.497 e. The fourth-order valence-electron chi connectivity index (χ4n) is 3.98. The molecule has 7 nitrogen and oxygen atoms in total. The fourth-order valence-corrected chi connectivity index (χ4v) is 5.95. The summed E-state index contributed by atoms with van der Waals surface area (Å²) in [4.78, 5) is 39.8. The number of ether oxygens (including phenoxy) is 2. The van der Waals surface area contributed by atoms with Crippen molar-refractivity contribution >= 4 is 51.6 Å². The lowest BCUT2D eigenvalue weighted by Gasteiger charge is -2.16. The molecule has 9 heteroatoms. The van der Waals surface area contributed by atoms with Gasteiger partial charge in [-0.3, -0.25) is 9.59 Å². The maximum absolute atomic E-state index is 13.4. The number of nitrogens with one attached hydrogen (secondary N) is 2. The molecule has 0 spiro atoms. The second-order valence-electron chi connectivity index (χ2n) is 8.66. The highest BCUT2D eigenvalue weighted by atomic mass is 32.2. The first-order valence-corrected chi connectivity index (χ1v) is 14.6. The minimum atomic E-state index is -0.474. The van der Waals surface area contributed by atoms with Crippen LogP contribution in [0.25, 0.3) is 11.1 Å². The number of thioether (sulfide) groups is 1. The van der Waals surface area contributed by atoms with Gasteiger partial charge in [-0.25, -0.2) is 4.79 Å². The number of carbonyl (C=O) groups excluding carboxylic acids is 3. The van der Waals surface area contributed by atoms with Crippen LogP contribution in [0.2, 0.25) is 0 Å². The van der Waals surface area contributed by atoms with Gasteiger partial charge in [0, 0.05) is 27.1 Å². The zero-order valence-electron chi connectivity index (χ0n) is 22.4. The van der Waals surface area contributed by atoms with Gasteiger partial charge in [0.1, 0.15) is 16.3 Å². The largest absolute Gasteiger partial charge is 0.497 e. The Balaban J connectivity index is 1.49. The number of thiophene rings is 1. The minimum absolute atomic E-state index is 0.217. The van der Waals surface area contributed by atoms with Crippen molar-refractivity contribution in [1.82, 2.24) is 0 Å². The molecule has 0 fully saturated rings. The van der Waals surface area contributed by atoms with Crippen LogP contribution in [0.5, 0.6) is 5.75 Å². The van der Waals surface area contributed by atoms with Crippen molar-refractivity contribution in [2.24, 2.45) is 0 Å². The summed E-state index contributed by atoms with van der Waals surface area (Å²) in [6.07, 6.45) is 0.558. The quantitative estimate of drug-likeness (QED) is 0.144. The molecule has 4 rings (SSSR count). The van der Waals surface area contributed by atoms with Gasteiger partial charge in [0.05, 0.1) is 19.0 Å². The summed E-state index contributed by atoms with van der Waals surface area (Å²) in [6, 6.07) is 23.8. The number of anilines is 2. The van der Waals surface area contributed by atoms with Crippen LogP contribution in [0.15, 0.2) is 89.1 Å². The first kappa shape index (κ1) is 28.9. The van der Waals surface area contributed by atoms with Gasteiger partial charge in [0.25, 0.3) is 5.91 Å². The number of rotatable bonds is 11. The van der Waals surface area contributed by atoms with E-state index in [9.17, 15) is 14.4 Å². The Morgan fingerprint density at radius 2 is 1.70 bits per heavy atom. The molecule has 0 aliphatic rings. The summed E-state index contributed by atoms with van der Waals surface area (Å²) in [7, 11) is 1.55. The Hall–Kier alpha value is -4.08. The Bertz CT molecular complexity index is 1490. The van der Waals surface area contributed by atoms with E-state index in [2.05, 4.69) is 10.6 Å². The van der Waals surface area contributed by atoms with Crippen molar-refractivity contribution < 1.29 is 23.9 Å². The third kappa shape index (κ3) is 7.11. The van der Waals surface area contributed by atoms with Crippen molar-refractivity contribution in [2.45, 2.75) is 30.4 Å². The van der Waals surface area contributed by atoms with Gasteiger partial charge in [-0.2, -0.15) is 0 Å². The third-order valence-electron chi connectivity index (χ3n) is 5.96. The maximum Gasteiger partial charge on any atom is 0.341 e. The highest BCUT2D eigenvalue weighted by Crippen LogP contribution is 2.37. The van der Waals surface area contributed by atoms with E-state index in [0.717, 1.165) is 16.0 Å². The molecule has 0 saturated carbocycles. The third-order valence-corrected chi connectivity index (χ3v) is 8.21. The van der Waals surface area contributed by atoms with Crippen LogP contribution in [0, 0.1) is 0 Å². The lowest BCUT2D eigenvalue weighted by atomic mass is 10.0. The molecule has 3 aromatic carbocycles. The molecule has 4 aromatic rings. The number of hydrogen-bond donors (Lipinski definition) is 2. The van der Waals surface area contributed by atoms with Crippen molar-refractivity contribution in [1.29, 1.82) is 0 Å². The molecule has 0 saturated heterocycles. The van der Waals surface area contributed by atoms with Crippen LogP contribution in [-0.2, 0) is 9.53 Å². The topological polar surface area (TPSA) is 93.7 Å². The fraction of sp³-hybridized carbons (Fsp3) is 0.194. The monoisotopic (exact) mass is 574 g/mol. The zero-order valence-corrected chi connectivity index (χ0v) is 24.1. The first-order valence-electron chi connectivity index (χ1n) is 12.8. The van der Waals surface area contributed by atoms with E-state index in [1.165, 1.54) is 23.1 Å². The second-order valence-corrected chi connectivity index (χ2v) is 10.8. The van der Waals surface area contributed by atoms with Gasteiger partial charge in [-0.15, -0.1) is 23.1 Å². The molecule has 2 N–H and O–H groups in total. The van der Waals surface area contributed by atoms with Crippen molar-refractivity contribution in [3.63, 3.8) is 0 Å². The normalized spacial score (nSPS) is 11.4. The summed E-state index contributed by atoms with van der Waals surface area (Å²) in [5, 5.41) is 7.76. The Morgan fingerprint density at radius 1 is 0.925 bits per heavy atom. The molecular weight excluding hydrogens is 544 g/mol. The van der Waals surface area contributed by atoms with E-state index in [1.54, 1.807) is 44.4 Å². The molecule has 0 bridgehead atoms. The van der Waals surface area contributed by atoms with Gasteiger partial charge in [0.2, 0.25) is 5.91 Å². The molecule has 0 aliphatic heterocycles. The average Bonchev–Trinajstić information content (AvgIpc) is 3.40. The smallest absolute Gasteiger partial charge is 0.341 e. The van der Waals surface area contributed by atoms with Gasteiger partial charge >= 0.3 is 5.97 Å². The van der Waals surface area contributed by atoms with Crippen LogP contribution in [0.4, 0.5) is 10.7 Å². The van der Waals surface area contributed by atoms with Gasteiger partial charge in [0.15, 0.2) is 0 Å². The molecular formula is C31H30N2O5S2. The maximum atomic E-state index is 13.4. The lowest BCUT2D eigenvalue weighted by Crippen LogP contribution is -2.25. The Kier molecular flexibility index (Phi) is 9.99. The number of hydrogen-bond acceptors (Lipinski definition) is 7. The van der Waals surface area contributed by atoms with E-state index in [4.69, 9.17) is 9.47 Å². The molecule has 0 radical (unpaired) electrons. The molecule has 1 heterocycles. The van der Waals surface area contributed by atoms with Crippen LogP contribution < -0.4 is 15.4 Å². The van der Waals surface area contributed by atoms with E-state index < -0.39 is 11.2 Å². The highest BCUT2D eigenvalue weighted by Gasteiger charge is 2.25. The Labute approximate surface area is 241 Å². The van der Waals surface area contributed by atoms with Crippen LogP contribution in [0.1, 0.15) is 41.0 Å². The molecule has 1 unspecified atom stereocenters. The zero-order chi connectivity index (χ0) is 28.5. The van der Waals surface area contributed by atoms with Crippen molar-refractivity contribution in [3.05, 3.63) is 95.4 Å². The van der Waals surface area contributed by atoms with Crippen LogP contribution in [-0.4, -0.2) is 36.8 Å². The predicted octanol–water partition coefficient (Wildman–Crippen LogP) is 7.36. The van der Waals surface area contributed by atoms with E-state index in [0.29, 0.717) is 34.0 Å². The molecule has 0 aliphatic carbocycles. The molecule has 2 amide bonds. The van der Waals surface area contributed by atoms with Gasteiger partial charge < -0.3 is 20.1 Å². The summed E-state index contributed by atoms with van der Waals surface area (Å²) < 4.78 is 10.5. The van der Waals surface area contributed by atoms with Crippen LogP contribution >= 0.6 is 23.1 Å². The number of amides is 2. The second kappa shape index (κ2) is 13.8. The summed E-state index contributed by atoms with van der Waals surface area (Å²) in [6.45, 7) is 3.91. The first-order chi connectivity index (χ1) is 19.4. The lowest BCUT2D eigenvalue weighted by molar-refractivity contribution is -0.115. The van der Waals surface area contributed by atoms with Crippen molar-refractivity contribution in [2.75, 3.05) is 24.4 Å².